The van der Waals surface area contributed by atoms with E-state index in [-0.39, 0.29) is 23.6 Å². The molecule has 0 aromatic heterocycles. The van der Waals surface area contributed by atoms with Gasteiger partial charge in [-0.3, -0.25) is 19.3 Å². The molecule has 1 heterocycles. The topological polar surface area (TPSA) is 94.2 Å². The zero-order chi connectivity index (χ0) is 24.1. The van der Waals surface area contributed by atoms with E-state index in [1.165, 1.54) is 27.4 Å². The van der Waals surface area contributed by atoms with Crippen molar-refractivity contribution in [3.63, 3.8) is 0 Å². The minimum atomic E-state index is -1.15. The Balaban J connectivity index is 1.68. The Morgan fingerprint density at radius 1 is 1.03 bits per heavy atom. The average molecular weight is 478 g/mol. The molecule has 0 spiro atoms. The van der Waals surface area contributed by atoms with Crippen molar-refractivity contribution >= 4 is 34.9 Å². The van der Waals surface area contributed by atoms with Crippen molar-refractivity contribution < 1.29 is 37.4 Å². The van der Waals surface area contributed by atoms with Crippen LogP contribution in [0.25, 0.3) is 6.08 Å². The van der Waals surface area contributed by atoms with Gasteiger partial charge >= 0.3 is 0 Å². The van der Waals surface area contributed by atoms with Crippen LogP contribution in [-0.4, -0.2) is 56.4 Å². The van der Waals surface area contributed by atoms with Gasteiger partial charge in [0.1, 0.15) is 0 Å². The van der Waals surface area contributed by atoms with E-state index in [0.717, 1.165) is 34.9 Å². The number of ether oxygens (including phenoxy) is 3. The van der Waals surface area contributed by atoms with Crippen LogP contribution in [0.5, 0.6) is 17.2 Å². The molecule has 8 nitrogen and oxygen atoms in total. The summed E-state index contributed by atoms with van der Waals surface area (Å²) in [6.07, 6.45) is 1.52. The second-order valence-corrected chi connectivity index (χ2v) is 7.67. The number of carbonyl (C=O) groups excluding carboxylic acids is 3. The molecule has 11 heteroatoms. The molecule has 0 atom stereocenters. The van der Waals surface area contributed by atoms with Crippen LogP contribution >= 0.6 is 11.8 Å². The lowest BCUT2D eigenvalue weighted by atomic mass is 10.1. The molecule has 1 aliphatic heterocycles. The fraction of sp³-hybridized carbons (Fsp3) is 0.227. The molecular formula is C22H20F2N2O6S. The zero-order valence-corrected chi connectivity index (χ0v) is 18.8. The third-order valence-corrected chi connectivity index (χ3v) is 5.57. The van der Waals surface area contributed by atoms with E-state index in [1.54, 1.807) is 12.1 Å². The van der Waals surface area contributed by atoms with Gasteiger partial charge in [0.05, 0.1) is 26.2 Å². The van der Waals surface area contributed by atoms with Crippen LogP contribution in [0.2, 0.25) is 0 Å². The summed E-state index contributed by atoms with van der Waals surface area (Å²) in [5.74, 6) is -2.23. The lowest BCUT2D eigenvalue weighted by molar-refractivity contribution is -0.122. The number of nitrogens with one attached hydrogen (secondary N) is 1. The zero-order valence-electron chi connectivity index (χ0n) is 17.9. The minimum Gasteiger partial charge on any atom is -0.493 e. The SMILES string of the molecule is COc1cc(/C=C2\SC(=O)N(CCNC(=O)c3ccc(F)c(F)c3)C2=O)cc(OC)c1OC. The smallest absolute Gasteiger partial charge is 0.293 e. The van der Waals surface area contributed by atoms with Crippen LogP contribution in [0, 0.1) is 11.6 Å². The average Bonchev–Trinajstić information content (AvgIpc) is 3.07. The maximum Gasteiger partial charge on any atom is 0.293 e. The molecule has 2 aromatic rings. The first kappa shape index (κ1) is 24.1. The van der Waals surface area contributed by atoms with Gasteiger partial charge in [-0.15, -0.1) is 0 Å². The molecule has 0 aliphatic carbocycles. The first-order chi connectivity index (χ1) is 15.8. The van der Waals surface area contributed by atoms with Crippen LogP contribution in [0.4, 0.5) is 13.6 Å². The maximum atomic E-state index is 13.3. The number of methoxy groups -OCH3 is 3. The Hall–Kier alpha value is -3.60. The molecule has 0 saturated carbocycles. The number of hydrogen-bond acceptors (Lipinski definition) is 7. The lowest BCUT2D eigenvalue weighted by Gasteiger charge is -2.13. The molecule has 0 radical (unpaired) electrons. The Morgan fingerprint density at radius 3 is 2.27 bits per heavy atom. The van der Waals surface area contributed by atoms with Crippen LogP contribution < -0.4 is 19.5 Å². The van der Waals surface area contributed by atoms with E-state index in [9.17, 15) is 23.2 Å². The van der Waals surface area contributed by atoms with E-state index >= 15 is 0 Å². The minimum absolute atomic E-state index is 0.0622. The number of hydrogen-bond donors (Lipinski definition) is 1. The van der Waals surface area contributed by atoms with Crippen molar-refractivity contribution in [2.45, 2.75) is 0 Å². The number of halogens is 2. The Bertz CT molecular complexity index is 1110. The van der Waals surface area contributed by atoms with Gasteiger partial charge in [-0.2, -0.15) is 0 Å². The molecule has 1 aliphatic rings. The molecule has 3 rings (SSSR count). The van der Waals surface area contributed by atoms with Crippen molar-refractivity contribution in [1.82, 2.24) is 10.2 Å². The number of imide groups is 1. The number of rotatable bonds is 8. The highest BCUT2D eigenvalue weighted by atomic mass is 32.2. The van der Waals surface area contributed by atoms with Crippen molar-refractivity contribution in [3.05, 3.63) is 58.0 Å². The summed E-state index contributed by atoms with van der Waals surface area (Å²) in [4.78, 5) is 38.3. The van der Waals surface area contributed by atoms with Crippen LogP contribution in [0.15, 0.2) is 35.2 Å². The van der Waals surface area contributed by atoms with E-state index in [2.05, 4.69) is 5.32 Å². The second-order valence-electron chi connectivity index (χ2n) is 6.68. The lowest BCUT2D eigenvalue weighted by Crippen LogP contribution is -2.37. The van der Waals surface area contributed by atoms with Crippen LogP contribution in [0.3, 0.4) is 0 Å². The summed E-state index contributed by atoms with van der Waals surface area (Å²) in [7, 11) is 4.39. The van der Waals surface area contributed by atoms with Gasteiger partial charge in [0.2, 0.25) is 5.75 Å². The summed E-state index contributed by atoms with van der Waals surface area (Å²) in [5, 5.41) is 1.97. The van der Waals surface area contributed by atoms with E-state index in [0.29, 0.717) is 22.8 Å². The molecule has 0 bridgehead atoms. The summed E-state index contributed by atoms with van der Waals surface area (Å²) in [6, 6.07) is 6.02. The van der Waals surface area contributed by atoms with Gasteiger partial charge in [0, 0.05) is 18.7 Å². The molecule has 174 valence electrons. The summed E-state index contributed by atoms with van der Waals surface area (Å²) >= 11 is 0.754. The molecule has 1 fully saturated rings. The monoisotopic (exact) mass is 478 g/mol. The molecule has 1 saturated heterocycles. The van der Waals surface area contributed by atoms with Crippen molar-refractivity contribution in [2.75, 3.05) is 34.4 Å². The summed E-state index contributed by atoms with van der Waals surface area (Å²) in [6.45, 7) is -0.153. The molecule has 0 unspecified atom stereocenters. The number of amides is 3. The predicted octanol–water partition coefficient (Wildman–Crippen LogP) is 3.46. The van der Waals surface area contributed by atoms with Crippen LogP contribution in [-0.2, 0) is 4.79 Å². The highest BCUT2D eigenvalue weighted by Crippen LogP contribution is 2.40. The Kier molecular flexibility index (Phi) is 7.54. The molecule has 1 N–H and O–H groups in total. The first-order valence-corrected chi connectivity index (χ1v) is 10.4. The number of carbonyl (C=O) groups is 3. The fourth-order valence-electron chi connectivity index (χ4n) is 3.05. The normalized spacial score (nSPS) is 14.6. The number of nitrogens with zero attached hydrogens (tertiary/aromatic N) is 1. The van der Waals surface area contributed by atoms with Crippen molar-refractivity contribution in [2.24, 2.45) is 0 Å². The second kappa shape index (κ2) is 10.3. The van der Waals surface area contributed by atoms with E-state index < -0.39 is 28.7 Å². The Labute approximate surface area is 192 Å². The quantitative estimate of drug-likeness (QED) is 0.581. The number of benzene rings is 2. The molecule has 2 aromatic carbocycles. The largest absolute Gasteiger partial charge is 0.493 e. The summed E-state index contributed by atoms with van der Waals surface area (Å²) in [5.41, 5.74) is 0.479. The Morgan fingerprint density at radius 2 is 1.70 bits per heavy atom. The highest BCUT2D eigenvalue weighted by molar-refractivity contribution is 8.18. The third-order valence-electron chi connectivity index (χ3n) is 4.66. The molecular weight excluding hydrogens is 458 g/mol. The van der Waals surface area contributed by atoms with Crippen LogP contribution in [0.1, 0.15) is 15.9 Å². The van der Waals surface area contributed by atoms with Crippen molar-refractivity contribution in [3.8, 4) is 17.2 Å². The van der Waals surface area contributed by atoms with E-state index in [4.69, 9.17) is 14.2 Å². The number of thioether (sulfide) groups is 1. The van der Waals surface area contributed by atoms with Gasteiger partial charge in [-0.1, -0.05) is 0 Å². The van der Waals surface area contributed by atoms with Gasteiger partial charge in [0.25, 0.3) is 17.1 Å². The van der Waals surface area contributed by atoms with Gasteiger partial charge < -0.3 is 19.5 Å². The maximum absolute atomic E-state index is 13.3. The predicted molar refractivity (Wildman–Crippen MR) is 117 cm³/mol. The molecule has 3 amide bonds. The van der Waals surface area contributed by atoms with Gasteiger partial charge in [-0.25, -0.2) is 8.78 Å². The van der Waals surface area contributed by atoms with Gasteiger partial charge in [-0.05, 0) is 53.7 Å². The fourth-order valence-corrected chi connectivity index (χ4v) is 3.91. The van der Waals surface area contributed by atoms with Gasteiger partial charge in [0.15, 0.2) is 23.1 Å². The summed E-state index contributed by atoms with van der Waals surface area (Å²) < 4.78 is 42.1. The third kappa shape index (κ3) is 5.25. The van der Waals surface area contributed by atoms with E-state index in [1.807, 2.05) is 0 Å². The molecule has 33 heavy (non-hydrogen) atoms. The first-order valence-electron chi connectivity index (χ1n) is 9.57. The van der Waals surface area contributed by atoms with Crippen molar-refractivity contribution in [1.29, 1.82) is 0 Å². The highest BCUT2D eigenvalue weighted by Gasteiger charge is 2.34. The standard InChI is InChI=1S/C22H20F2N2O6S/c1-30-16-8-12(9-17(31-2)19(16)32-3)10-18-21(28)26(22(29)33-18)7-6-25-20(27)13-4-5-14(23)15(24)11-13/h4-5,8-11H,6-7H2,1-3H3,(H,25,27)/b18-10-.